The van der Waals surface area contributed by atoms with Crippen LogP contribution in [0, 0.1) is 5.92 Å². The number of benzene rings is 1. The Morgan fingerprint density at radius 2 is 2.18 bits per heavy atom. The Kier molecular flexibility index (Phi) is 2.82. The lowest BCUT2D eigenvalue weighted by molar-refractivity contribution is -0.141. The minimum Gasteiger partial charge on any atom is -0.497 e. The summed E-state index contributed by atoms with van der Waals surface area (Å²) in [5, 5.41) is 7.98. The summed E-state index contributed by atoms with van der Waals surface area (Å²) in [5.74, 6) is -1.70. The van der Waals surface area contributed by atoms with E-state index in [0.717, 1.165) is 0 Å². The maximum atomic E-state index is 11.6. The van der Waals surface area contributed by atoms with Gasteiger partial charge < -0.3 is 9.84 Å². The number of methoxy groups -OCH3 is 1. The molecule has 0 bridgehead atoms. The predicted molar refractivity (Wildman–Crippen MR) is 60.6 cm³/mol. The number of carbonyl (C=O) groups is 1. The zero-order valence-electron chi connectivity index (χ0n) is 9.16. The lowest BCUT2D eigenvalue weighted by atomic mass is 9.99. The van der Waals surface area contributed by atoms with E-state index < -0.39 is 27.0 Å². The first-order valence-corrected chi connectivity index (χ1v) is 6.75. The summed E-state index contributed by atoms with van der Waals surface area (Å²) in [6, 6.07) is 6.52. The van der Waals surface area contributed by atoms with Crippen molar-refractivity contribution in [2.45, 2.75) is 5.25 Å². The Bertz CT molecular complexity index is 549. The van der Waals surface area contributed by atoms with Crippen LogP contribution in [0.5, 0.6) is 5.75 Å². The maximum Gasteiger partial charge on any atom is 0.309 e. The molecule has 2 atom stereocenters. The number of sulfone groups is 1. The fourth-order valence-corrected chi connectivity index (χ4v) is 3.99. The van der Waals surface area contributed by atoms with E-state index in [1.807, 2.05) is 0 Å². The number of carboxylic acid groups (broad SMARTS) is 1. The van der Waals surface area contributed by atoms with Crippen molar-refractivity contribution in [3.05, 3.63) is 29.8 Å². The SMILES string of the molecule is COc1cccc(C2C(C(=O)O)CS2(=O)=O)c1. The van der Waals surface area contributed by atoms with E-state index in [-0.39, 0.29) is 5.75 Å². The second-order valence-electron chi connectivity index (χ2n) is 3.97. The number of ether oxygens (including phenoxy) is 1. The molecule has 17 heavy (non-hydrogen) atoms. The van der Waals surface area contributed by atoms with Gasteiger partial charge in [0.1, 0.15) is 11.0 Å². The summed E-state index contributed by atoms with van der Waals surface area (Å²) in [7, 11) is -1.86. The Labute approximate surface area is 98.9 Å². The monoisotopic (exact) mass is 256 g/mol. The van der Waals surface area contributed by atoms with Gasteiger partial charge in [-0.15, -0.1) is 0 Å². The second kappa shape index (κ2) is 4.03. The molecule has 1 N–H and O–H groups in total. The molecule has 1 aromatic carbocycles. The van der Waals surface area contributed by atoms with Gasteiger partial charge in [0.25, 0.3) is 0 Å². The van der Waals surface area contributed by atoms with Crippen molar-refractivity contribution < 1.29 is 23.1 Å². The lowest BCUT2D eigenvalue weighted by Gasteiger charge is -2.33. The van der Waals surface area contributed by atoms with Gasteiger partial charge in [0.05, 0.1) is 18.8 Å². The van der Waals surface area contributed by atoms with Crippen LogP contribution in [0.4, 0.5) is 0 Å². The van der Waals surface area contributed by atoms with Gasteiger partial charge in [-0.1, -0.05) is 12.1 Å². The van der Waals surface area contributed by atoms with Crippen LogP contribution in [0.1, 0.15) is 10.8 Å². The Balaban J connectivity index is 2.40. The van der Waals surface area contributed by atoms with E-state index in [4.69, 9.17) is 9.84 Å². The highest BCUT2D eigenvalue weighted by atomic mass is 32.2. The number of hydrogen-bond acceptors (Lipinski definition) is 4. The van der Waals surface area contributed by atoms with Crippen molar-refractivity contribution in [2.24, 2.45) is 5.92 Å². The smallest absolute Gasteiger partial charge is 0.309 e. The predicted octanol–water partition coefficient (Wildman–Crippen LogP) is 0.865. The molecule has 2 rings (SSSR count). The van der Waals surface area contributed by atoms with Gasteiger partial charge in [0, 0.05) is 0 Å². The van der Waals surface area contributed by atoms with Crippen molar-refractivity contribution in [1.29, 1.82) is 0 Å². The van der Waals surface area contributed by atoms with E-state index in [9.17, 15) is 13.2 Å². The minimum absolute atomic E-state index is 0.287. The van der Waals surface area contributed by atoms with E-state index in [1.54, 1.807) is 24.3 Å². The normalized spacial score (nSPS) is 25.9. The van der Waals surface area contributed by atoms with E-state index >= 15 is 0 Å². The third kappa shape index (κ3) is 2.00. The first-order valence-electron chi connectivity index (χ1n) is 5.04. The topological polar surface area (TPSA) is 80.7 Å². The van der Waals surface area contributed by atoms with Crippen LogP contribution < -0.4 is 4.74 Å². The molecule has 0 aliphatic carbocycles. The molecule has 1 heterocycles. The van der Waals surface area contributed by atoms with Crippen molar-refractivity contribution in [1.82, 2.24) is 0 Å². The Morgan fingerprint density at radius 1 is 1.47 bits per heavy atom. The third-order valence-corrected chi connectivity index (χ3v) is 5.10. The molecule has 1 fully saturated rings. The molecule has 0 amide bonds. The molecule has 1 aromatic rings. The summed E-state index contributed by atoms with van der Waals surface area (Å²) >= 11 is 0. The van der Waals surface area contributed by atoms with Gasteiger partial charge in [0.15, 0.2) is 9.84 Å². The lowest BCUT2D eigenvalue weighted by Crippen LogP contribution is -2.44. The average molecular weight is 256 g/mol. The van der Waals surface area contributed by atoms with Gasteiger partial charge in [0.2, 0.25) is 0 Å². The number of carboxylic acids is 1. The van der Waals surface area contributed by atoms with Crippen LogP contribution in [-0.4, -0.2) is 32.4 Å². The summed E-state index contributed by atoms with van der Waals surface area (Å²) < 4.78 is 28.3. The molecule has 0 aromatic heterocycles. The van der Waals surface area contributed by atoms with Gasteiger partial charge in [-0.05, 0) is 17.7 Å². The molecule has 5 nitrogen and oxygen atoms in total. The van der Waals surface area contributed by atoms with Crippen molar-refractivity contribution in [3.8, 4) is 5.75 Å². The van der Waals surface area contributed by atoms with E-state index in [2.05, 4.69) is 0 Å². The zero-order valence-corrected chi connectivity index (χ0v) is 9.98. The zero-order chi connectivity index (χ0) is 12.6. The van der Waals surface area contributed by atoms with Crippen LogP contribution in [0.3, 0.4) is 0 Å². The standard InChI is InChI=1S/C11H12O5S/c1-16-8-4-2-3-7(5-8)10-9(11(12)13)6-17(10,14)15/h2-5,9-10H,6H2,1H3,(H,12,13). The first kappa shape index (κ1) is 11.9. The summed E-state index contributed by atoms with van der Waals surface area (Å²) in [6.07, 6.45) is 0. The van der Waals surface area contributed by atoms with E-state index in [1.165, 1.54) is 7.11 Å². The van der Waals surface area contributed by atoms with Crippen LogP contribution in [-0.2, 0) is 14.6 Å². The van der Waals surface area contributed by atoms with Crippen LogP contribution in [0.25, 0.3) is 0 Å². The number of hydrogen-bond donors (Lipinski definition) is 1. The summed E-state index contributed by atoms with van der Waals surface area (Å²) in [5.41, 5.74) is 0.475. The number of aliphatic carboxylic acids is 1. The van der Waals surface area contributed by atoms with Crippen molar-refractivity contribution in [3.63, 3.8) is 0 Å². The van der Waals surface area contributed by atoms with E-state index in [0.29, 0.717) is 11.3 Å². The maximum absolute atomic E-state index is 11.6. The largest absolute Gasteiger partial charge is 0.497 e. The summed E-state index contributed by atoms with van der Waals surface area (Å²) in [4.78, 5) is 10.9. The van der Waals surface area contributed by atoms with Crippen LogP contribution in [0.2, 0.25) is 0 Å². The first-order chi connectivity index (χ1) is 7.95. The molecule has 2 unspecified atom stereocenters. The molecule has 0 saturated carbocycles. The van der Waals surface area contributed by atoms with Gasteiger partial charge >= 0.3 is 5.97 Å². The molecule has 0 radical (unpaired) electrons. The molecule has 1 saturated heterocycles. The fourth-order valence-electron chi connectivity index (χ4n) is 2.03. The van der Waals surface area contributed by atoms with Crippen LogP contribution in [0.15, 0.2) is 24.3 Å². The minimum atomic E-state index is -3.33. The molecule has 1 aliphatic heterocycles. The molecular weight excluding hydrogens is 244 g/mol. The molecule has 92 valence electrons. The quantitative estimate of drug-likeness (QED) is 0.867. The highest BCUT2D eigenvalue weighted by Gasteiger charge is 2.51. The highest BCUT2D eigenvalue weighted by Crippen LogP contribution is 2.42. The Morgan fingerprint density at radius 3 is 2.71 bits per heavy atom. The number of rotatable bonds is 3. The van der Waals surface area contributed by atoms with Crippen molar-refractivity contribution >= 4 is 15.8 Å². The van der Waals surface area contributed by atoms with Gasteiger partial charge in [-0.3, -0.25) is 4.79 Å². The fraction of sp³-hybridized carbons (Fsp3) is 0.364. The van der Waals surface area contributed by atoms with Crippen LogP contribution >= 0.6 is 0 Å². The third-order valence-electron chi connectivity index (χ3n) is 2.90. The highest BCUT2D eigenvalue weighted by molar-refractivity contribution is 7.93. The molecule has 0 spiro atoms. The van der Waals surface area contributed by atoms with Gasteiger partial charge in [-0.2, -0.15) is 0 Å². The van der Waals surface area contributed by atoms with Gasteiger partial charge in [-0.25, -0.2) is 8.42 Å². The molecular formula is C11H12O5S. The second-order valence-corrected chi connectivity index (χ2v) is 6.14. The molecule has 1 aliphatic rings. The molecule has 6 heteroatoms. The Hall–Kier alpha value is -1.56. The average Bonchev–Trinajstić information content (AvgIpc) is 2.26. The summed E-state index contributed by atoms with van der Waals surface area (Å²) in [6.45, 7) is 0. The van der Waals surface area contributed by atoms with Crippen molar-refractivity contribution in [2.75, 3.05) is 12.9 Å².